The topological polar surface area (TPSA) is 51.4 Å². The van der Waals surface area contributed by atoms with Gasteiger partial charge in [0, 0.05) is 42.4 Å². The van der Waals surface area contributed by atoms with Crippen molar-refractivity contribution in [1.82, 2.24) is 15.1 Å². The number of likely N-dealkylation sites (tertiary alicyclic amines) is 1. The van der Waals surface area contributed by atoms with Gasteiger partial charge < -0.3 is 10.2 Å². The van der Waals surface area contributed by atoms with Gasteiger partial charge in [-0.25, -0.2) is 4.68 Å². The highest BCUT2D eigenvalue weighted by Crippen LogP contribution is 2.10. The molecule has 3 aromatic rings. The van der Waals surface area contributed by atoms with Gasteiger partial charge in [0.2, 0.25) is 0 Å². The summed E-state index contributed by atoms with van der Waals surface area (Å²) in [6.07, 6.45) is 5.69. The SMILES string of the molecule is O=C(NC1CC[NH+](Cc2ccccc2)CC1)c1ccc(-n2cccn2)cc1. The second kappa shape index (κ2) is 8.18. The summed E-state index contributed by atoms with van der Waals surface area (Å²) in [6, 6.07) is 20.4. The van der Waals surface area contributed by atoms with E-state index in [1.54, 1.807) is 15.8 Å². The lowest BCUT2D eigenvalue weighted by molar-refractivity contribution is -0.918. The van der Waals surface area contributed by atoms with E-state index in [1.165, 1.54) is 5.56 Å². The van der Waals surface area contributed by atoms with Crippen molar-refractivity contribution >= 4 is 5.91 Å². The second-order valence-electron chi connectivity index (χ2n) is 7.16. The average Bonchev–Trinajstić information content (AvgIpc) is 3.25. The Morgan fingerprint density at radius 2 is 1.78 bits per heavy atom. The van der Waals surface area contributed by atoms with E-state index < -0.39 is 0 Å². The summed E-state index contributed by atoms with van der Waals surface area (Å²) >= 11 is 0. The molecule has 0 bridgehead atoms. The molecule has 1 amide bonds. The predicted molar refractivity (Wildman–Crippen MR) is 105 cm³/mol. The highest BCUT2D eigenvalue weighted by molar-refractivity contribution is 5.94. The Bertz CT molecular complexity index is 851. The zero-order chi connectivity index (χ0) is 18.5. The molecule has 5 heteroatoms. The van der Waals surface area contributed by atoms with Gasteiger partial charge in [0.1, 0.15) is 6.54 Å². The van der Waals surface area contributed by atoms with E-state index in [0.717, 1.165) is 38.2 Å². The molecule has 0 unspecified atom stereocenters. The molecule has 1 saturated heterocycles. The van der Waals surface area contributed by atoms with E-state index in [1.807, 2.05) is 36.5 Å². The fourth-order valence-electron chi connectivity index (χ4n) is 3.69. The van der Waals surface area contributed by atoms with E-state index in [4.69, 9.17) is 0 Å². The van der Waals surface area contributed by atoms with Gasteiger partial charge in [-0.3, -0.25) is 4.79 Å². The molecule has 1 aliphatic rings. The summed E-state index contributed by atoms with van der Waals surface area (Å²) in [5, 5.41) is 7.40. The number of nitrogens with one attached hydrogen (secondary N) is 2. The molecule has 4 rings (SSSR count). The fraction of sp³-hybridized carbons (Fsp3) is 0.273. The second-order valence-corrected chi connectivity index (χ2v) is 7.16. The van der Waals surface area contributed by atoms with E-state index in [9.17, 15) is 4.79 Å². The molecule has 0 spiro atoms. The van der Waals surface area contributed by atoms with E-state index >= 15 is 0 Å². The molecule has 0 saturated carbocycles. The molecule has 1 fully saturated rings. The van der Waals surface area contributed by atoms with Gasteiger partial charge in [-0.2, -0.15) is 5.10 Å². The highest BCUT2D eigenvalue weighted by Gasteiger charge is 2.23. The van der Waals surface area contributed by atoms with Gasteiger partial charge in [0.15, 0.2) is 0 Å². The molecular weight excluding hydrogens is 336 g/mol. The van der Waals surface area contributed by atoms with Crippen molar-refractivity contribution < 1.29 is 9.69 Å². The summed E-state index contributed by atoms with van der Waals surface area (Å²) < 4.78 is 1.78. The van der Waals surface area contributed by atoms with Gasteiger partial charge >= 0.3 is 0 Å². The third-order valence-electron chi connectivity index (χ3n) is 5.22. The number of piperidine rings is 1. The minimum atomic E-state index is 0.0125. The lowest BCUT2D eigenvalue weighted by Crippen LogP contribution is -3.12. The monoisotopic (exact) mass is 361 g/mol. The Balaban J connectivity index is 1.28. The summed E-state index contributed by atoms with van der Waals surface area (Å²) in [4.78, 5) is 14.1. The molecule has 0 atom stereocenters. The molecule has 1 aromatic heterocycles. The summed E-state index contributed by atoms with van der Waals surface area (Å²) in [5.74, 6) is 0.0125. The van der Waals surface area contributed by atoms with Crippen molar-refractivity contribution in [2.45, 2.75) is 25.4 Å². The van der Waals surface area contributed by atoms with Crippen LogP contribution in [0.1, 0.15) is 28.8 Å². The third-order valence-corrected chi connectivity index (χ3v) is 5.22. The largest absolute Gasteiger partial charge is 0.349 e. The number of nitrogens with zero attached hydrogens (tertiary/aromatic N) is 2. The van der Waals surface area contributed by atoms with Crippen LogP contribution in [0.25, 0.3) is 5.69 Å². The molecular formula is C22H25N4O+. The number of carbonyl (C=O) groups excluding carboxylic acids is 1. The molecule has 1 aliphatic heterocycles. The van der Waals surface area contributed by atoms with Gasteiger partial charge in [-0.15, -0.1) is 0 Å². The van der Waals surface area contributed by atoms with Crippen molar-refractivity contribution in [2.24, 2.45) is 0 Å². The maximum atomic E-state index is 12.5. The van der Waals surface area contributed by atoms with Crippen molar-refractivity contribution in [3.8, 4) is 5.69 Å². The maximum absolute atomic E-state index is 12.5. The number of amides is 1. The minimum absolute atomic E-state index is 0.0125. The Morgan fingerprint density at radius 3 is 2.44 bits per heavy atom. The number of quaternary nitrogens is 1. The minimum Gasteiger partial charge on any atom is -0.349 e. The fourth-order valence-corrected chi connectivity index (χ4v) is 3.69. The van der Waals surface area contributed by atoms with E-state index in [-0.39, 0.29) is 11.9 Å². The third kappa shape index (κ3) is 4.44. The Kier molecular flexibility index (Phi) is 5.30. The highest BCUT2D eigenvalue weighted by atomic mass is 16.1. The van der Waals surface area contributed by atoms with Crippen LogP contribution in [-0.2, 0) is 6.54 Å². The first-order valence-corrected chi connectivity index (χ1v) is 9.56. The zero-order valence-corrected chi connectivity index (χ0v) is 15.3. The Hall–Kier alpha value is -2.92. The standard InChI is InChI=1S/C22H24N4O/c27-22(19-7-9-21(10-8-19)26-14-4-13-23-26)24-20-11-15-25(16-12-20)17-18-5-2-1-3-6-18/h1-10,13-14,20H,11-12,15-17H2,(H,24,27)/p+1. The maximum Gasteiger partial charge on any atom is 0.251 e. The van der Waals surface area contributed by atoms with Crippen molar-refractivity contribution in [1.29, 1.82) is 0 Å². The molecule has 2 aromatic carbocycles. The summed E-state index contributed by atoms with van der Waals surface area (Å²) in [5.41, 5.74) is 3.03. The number of benzene rings is 2. The van der Waals surface area contributed by atoms with Gasteiger partial charge in [-0.1, -0.05) is 30.3 Å². The number of aromatic nitrogens is 2. The van der Waals surface area contributed by atoms with Gasteiger partial charge in [-0.05, 0) is 30.3 Å². The number of carbonyl (C=O) groups is 1. The number of hydrogen-bond acceptors (Lipinski definition) is 2. The average molecular weight is 361 g/mol. The zero-order valence-electron chi connectivity index (χ0n) is 15.3. The van der Waals surface area contributed by atoms with Crippen molar-refractivity contribution in [3.63, 3.8) is 0 Å². The normalized spacial score (nSPS) is 19.6. The predicted octanol–water partition coefficient (Wildman–Crippen LogP) is 1.85. The van der Waals surface area contributed by atoms with Crippen LogP contribution < -0.4 is 10.2 Å². The van der Waals surface area contributed by atoms with Crippen LogP contribution in [0.4, 0.5) is 0 Å². The molecule has 2 N–H and O–H groups in total. The van der Waals surface area contributed by atoms with E-state index in [2.05, 4.69) is 40.7 Å². The summed E-state index contributed by atoms with van der Waals surface area (Å²) in [6.45, 7) is 3.26. The first-order valence-electron chi connectivity index (χ1n) is 9.56. The molecule has 0 aliphatic carbocycles. The molecule has 5 nitrogen and oxygen atoms in total. The molecule has 2 heterocycles. The lowest BCUT2D eigenvalue weighted by Gasteiger charge is -2.29. The van der Waals surface area contributed by atoms with Crippen molar-refractivity contribution in [3.05, 3.63) is 84.2 Å². The van der Waals surface area contributed by atoms with Crippen LogP contribution in [0.15, 0.2) is 73.1 Å². The Morgan fingerprint density at radius 1 is 1.04 bits per heavy atom. The van der Waals surface area contributed by atoms with Gasteiger partial charge in [0.05, 0.1) is 18.8 Å². The van der Waals surface area contributed by atoms with Crippen LogP contribution >= 0.6 is 0 Å². The van der Waals surface area contributed by atoms with E-state index in [0.29, 0.717) is 5.56 Å². The molecule has 0 radical (unpaired) electrons. The van der Waals surface area contributed by atoms with Crippen LogP contribution in [0.5, 0.6) is 0 Å². The lowest BCUT2D eigenvalue weighted by atomic mass is 10.0. The smallest absolute Gasteiger partial charge is 0.251 e. The molecule has 138 valence electrons. The first-order chi connectivity index (χ1) is 13.3. The van der Waals surface area contributed by atoms with Crippen LogP contribution in [0.2, 0.25) is 0 Å². The summed E-state index contributed by atoms with van der Waals surface area (Å²) in [7, 11) is 0. The van der Waals surface area contributed by atoms with Crippen LogP contribution in [0.3, 0.4) is 0 Å². The van der Waals surface area contributed by atoms with Gasteiger partial charge in [0.25, 0.3) is 5.91 Å². The quantitative estimate of drug-likeness (QED) is 0.729. The first kappa shape index (κ1) is 17.5. The molecule has 27 heavy (non-hydrogen) atoms. The van der Waals surface area contributed by atoms with Crippen LogP contribution in [0, 0.1) is 0 Å². The van der Waals surface area contributed by atoms with Crippen molar-refractivity contribution in [2.75, 3.05) is 13.1 Å². The number of hydrogen-bond donors (Lipinski definition) is 2. The Labute approximate surface area is 159 Å². The number of rotatable bonds is 5. The van der Waals surface area contributed by atoms with Crippen LogP contribution in [-0.4, -0.2) is 34.8 Å².